The topological polar surface area (TPSA) is 36.7 Å². The highest BCUT2D eigenvalue weighted by Crippen LogP contribution is 2.30. The third-order valence-corrected chi connectivity index (χ3v) is 4.82. The lowest BCUT2D eigenvalue weighted by atomic mass is 9.98. The summed E-state index contributed by atoms with van der Waals surface area (Å²) in [5.74, 6) is 0.202. The van der Waals surface area contributed by atoms with Gasteiger partial charge in [-0.1, -0.05) is 6.07 Å². The fourth-order valence-electron chi connectivity index (χ4n) is 3.25. The Morgan fingerprint density at radius 3 is 2.50 bits per heavy atom. The van der Waals surface area contributed by atoms with Gasteiger partial charge in [0, 0.05) is 37.1 Å². The van der Waals surface area contributed by atoms with Crippen molar-refractivity contribution in [3.8, 4) is 0 Å². The number of nitrogens with zero attached hydrogens (tertiary/aromatic N) is 2. The molecule has 0 N–H and O–H groups in total. The number of piperazine rings is 1. The van der Waals surface area contributed by atoms with Gasteiger partial charge < -0.3 is 14.2 Å². The average molecular weight is 300 g/mol. The molecular formula is C18H24N2O2. The number of hydrogen-bond acceptors (Lipinski definition) is 3. The van der Waals surface area contributed by atoms with E-state index < -0.39 is 0 Å². The molecule has 118 valence electrons. The Morgan fingerprint density at radius 2 is 1.82 bits per heavy atom. The first-order valence-corrected chi connectivity index (χ1v) is 7.90. The summed E-state index contributed by atoms with van der Waals surface area (Å²) in [6.07, 6.45) is 2.19. The van der Waals surface area contributed by atoms with Crippen LogP contribution in [0.25, 0.3) is 11.0 Å². The molecule has 0 aliphatic carbocycles. The number of benzene rings is 1. The van der Waals surface area contributed by atoms with Crippen molar-refractivity contribution in [2.45, 2.75) is 27.2 Å². The van der Waals surface area contributed by atoms with Crippen molar-refractivity contribution in [3.63, 3.8) is 0 Å². The summed E-state index contributed by atoms with van der Waals surface area (Å²) in [6.45, 7) is 9.81. The Morgan fingerprint density at radius 1 is 1.14 bits per heavy atom. The molecule has 0 unspecified atom stereocenters. The number of carbonyl (C=O) groups excluding carboxylic acids is 1. The lowest BCUT2D eigenvalue weighted by Gasteiger charge is -2.32. The zero-order valence-electron chi connectivity index (χ0n) is 13.9. The van der Waals surface area contributed by atoms with Crippen molar-refractivity contribution in [2.75, 3.05) is 33.2 Å². The highest BCUT2D eigenvalue weighted by molar-refractivity contribution is 5.91. The van der Waals surface area contributed by atoms with E-state index in [2.05, 4.69) is 38.8 Å². The molecule has 1 aliphatic heterocycles. The largest absolute Gasteiger partial charge is 0.464 e. The maximum atomic E-state index is 12.5. The first kappa shape index (κ1) is 15.1. The second-order valence-corrected chi connectivity index (χ2v) is 6.46. The smallest absolute Gasteiger partial charge is 0.227 e. The standard InChI is InChI=1S/C18H24N2O2/c1-12-9-13(2)17-15(11-22-18(17)14(12)3)10-16(21)20-7-5-19(4)6-8-20/h9,11H,5-8,10H2,1-4H3. The van der Waals surface area contributed by atoms with Gasteiger partial charge in [0.05, 0.1) is 12.7 Å². The first-order valence-electron chi connectivity index (χ1n) is 7.90. The molecule has 1 aromatic heterocycles. The molecule has 1 fully saturated rings. The van der Waals surface area contributed by atoms with Gasteiger partial charge in [-0.05, 0) is 44.5 Å². The molecule has 0 bridgehead atoms. The predicted octanol–water partition coefficient (Wildman–Crippen LogP) is 2.67. The molecule has 4 heteroatoms. The van der Waals surface area contributed by atoms with E-state index in [-0.39, 0.29) is 5.91 Å². The van der Waals surface area contributed by atoms with Crippen LogP contribution >= 0.6 is 0 Å². The number of aryl methyl sites for hydroxylation is 3. The molecule has 1 amide bonds. The molecule has 3 rings (SSSR count). The van der Waals surface area contributed by atoms with Crippen LogP contribution in [0.4, 0.5) is 0 Å². The molecule has 1 saturated heterocycles. The Labute approximate surface area is 131 Å². The molecule has 2 aromatic rings. The van der Waals surface area contributed by atoms with E-state index in [0.29, 0.717) is 6.42 Å². The van der Waals surface area contributed by atoms with Gasteiger partial charge in [0.1, 0.15) is 5.58 Å². The quantitative estimate of drug-likeness (QED) is 0.855. The van der Waals surface area contributed by atoms with Crippen LogP contribution in [0, 0.1) is 20.8 Å². The van der Waals surface area contributed by atoms with Gasteiger partial charge in [0.2, 0.25) is 5.91 Å². The Hall–Kier alpha value is -1.81. The average Bonchev–Trinajstić information content (AvgIpc) is 2.90. The van der Waals surface area contributed by atoms with E-state index in [9.17, 15) is 4.79 Å². The van der Waals surface area contributed by atoms with Gasteiger partial charge in [-0.2, -0.15) is 0 Å². The number of amides is 1. The van der Waals surface area contributed by atoms with Gasteiger partial charge >= 0.3 is 0 Å². The zero-order chi connectivity index (χ0) is 15.9. The molecule has 0 spiro atoms. The van der Waals surface area contributed by atoms with Crippen molar-refractivity contribution >= 4 is 16.9 Å². The summed E-state index contributed by atoms with van der Waals surface area (Å²) in [7, 11) is 2.10. The van der Waals surface area contributed by atoms with Gasteiger partial charge in [-0.3, -0.25) is 4.79 Å². The van der Waals surface area contributed by atoms with Crippen LogP contribution in [0.2, 0.25) is 0 Å². The van der Waals surface area contributed by atoms with Crippen LogP contribution in [0.3, 0.4) is 0 Å². The fourth-order valence-corrected chi connectivity index (χ4v) is 3.25. The van der Waals surface area contributed by atoms with Crippen LogP contribution in [0.5, 0.6) is 0 Å². The molecule has 0 atom stereocenters. The summed E-state index contributed by atoms with van der Waals surface area (Å²) in [6, 6.07) is 2.18. The monoisotopic (exact) mass is 300 g/mol. The maximum absolute atomic E-state index is 12.5. The molecular weight excluding hydrogens is 276 g/mol. The van der Waals surface area contributed by atoms with E-state index in [1.165, 1.54) is 16.7 Å². The van der Waals surface area contributed by atoms with E-state index in [1.807, 2.05) is 4.90 Å². The molecule has 2 heterocycles. The van der Waals surface area contributed by atoms with Crippen molar-refractivity contribution < 1.29 is 9.21 Å². The van der Waals surface area contributed by atoms with Crippen molar-refractivity contribution in [1.29, 1.82) is 0 Å². The lowest BCUT2D eigenvalue weighted by Crippen LogP contribution is -2.47. The molecule has 4 nitrogen and oxygen atoms in total. The Bertz CT molecular complexity index is 709. The molecule has 1 aliphatic rings. The van der Waals surface area contributed by atoms with E-state index in [1.54, 1.807) is 6.26 Å². The van der Waals surface area contributed by atoms with E-state index >= 15 is 0 Å². The number of hydrogen-bond donors (Lipinski definition) is 0. The second kappa shape index (κ2) is 5.76. The number of fused-ring (bicyclic) bond motifs is 1. The number of furan rings is 1. The summed E-state index contributed by atoms with van der Waals surface area (Å²) >= 11 is 0. The Balaban J connectivity index is 1.85. The minimum atomic E-state index is 0.202. The first-order chi connectivity index (χ1) is 10.5. The number of likely N-dealkylation sites (N-methyl/N-ethyl adjacent to an activating group) is 1. The SMILES string of the molecule is Cc1cc(C)c2c(CC(=O)N3CCN(C)CC3)coc2c1C. The third-order valence-electron chi connectivity index (χ3n) is 4.82. The van der Waals surface area contributed by atoms with Crippen LogP contribution < -0.4 is 0 Å². The summed E-state index contributed by atoms with van der Waals surface area (Å²) in [4.78, 5) is 16.8. The van der Waals surface area contributed by atoms with Crippen LogP contribution in [0.15, 0.2) is 16.7 Å². The van der Waals surface area contributed by atoms with Gasteiger partial charge in [-0.15, -0.1) is 0 Å². The fraction of sp³-hybridized carbons (Fsp3) is 0.500. The second-order valence-electron chi connectivity index (χ2n) is 6.46. The third kappa shape index (κ3) is 2.63. The van der Waals surface area contributed by atoms with E-state index in [4.69, 9.17) is 4.42 Å². The van der Waals surface area contributed by atoms with Crippen molar-refractivity contribution in [3.05, 3.63) is 34.6 Å². The summed E-state index contributed by atoms with van der Waals surface area (Å²) < 4.78 is 5.77. The summed E-state index contributed by atoms with van der Waals surface area (Å²) in [5.41, 5.74) is 5.53. The van der Waals surface area contributed by atoms with Crippen molar-refractivity contribution in [1.82, 2.24) is 9.80 Å². The summed E-state index contributed by atoms with van der Waals surface area (Å²) in [5, 5.41) is 1.12. The van der Waals surface area contributed by atoms with Crippen LogP contribution in [-0.2, 0) is 11.2 Å². The van der Waals surface area contributed by atoms with Crippen LogP contribution in [-0.4, -0.2) is 48.9 Å². The molecule has 1 aromatic carbocycles. The normalized spacial score (nSPS) is 16.5. The predicted molar refractivity (Wildman–Crippen MR) is 88.2 cm³/mol. The highest BCUT2D eigenvalue weighted by Gasteiger charge is 2.21. The number of rotatable bonds is 2. The molecule has 0 radical (unpaired) electrons. The zero-order valence-corrected chi connectivity index (χ0v) is 13.9. The Kier molecular flexibility index (Phi) is 3.96. The minimum absolute atomic E-state index is 0.202. The van der Waals surface area contributed by atoms with Gasteiger partial charge in [0.15, 0.2) is 0 Å². The number of carbonyl (C=O) groups is 1. The maximum Gasteiger partial charge on any atom is 0.227 e. The molecule has 0 saturated carbocycles. The lowest BCUT2D eigenvalue weighted by molar-refractivity contribution is -0.132. The van der Waals surface area contributed by atoms with Gasteiger partial charge in [-0.25, -0.2) is 0 Å². The molecule has 22 heavy (non-hydrogen) atoms. The minimum Gasteiger partial charge on any atom is -0.464 e. The van der Waals surface area contributed by atoms with Crippen LogP contribution in [0.1, 0.15) is 22.3 Å². The highest BCUT2D eigenvalue weighted by atomic mass is 16.3. The van der Waals surface area contributed by atoms with Gasteiger partial charge in [0.25, 0.3) is 0 Å². The van der Waals surface area contributed by atoms with E-state index in [0.717, 1.165) is 42.7 Å². The van der Waals surface area contributed by atoms with Crippen molar-refractivity contribution in [2.24, 2.45) is 0 Å².